The van der Waals surface area contributed by atoms with E-state index >= 15 is 0 Å². The van der Waals surface area contributed by atoms with Gasteiger partial charge in [0.05, 0.1) is 12.6 Å². The Labute approximate surface area is 168 Å². The van der Waals surface area contributed by atoms with Crippen molar-refractivity contribution in [1.82, 2.24) is 29.5 Å². The molecule has 0 saturated carbocycles. The van der Waals surface area contributed by atoms with Crippen molar-refractivity contribution < 1.29 is 14.0 Å². The zero-order chi connectivity index (χ0) is 20.5. The Balaban J connectivity index is 1.51. The maximum Gasteiger partial charge on any atom is 0.320 e. The van der Waals surface area contributed by atoms with Crippen LogP contribution in [0.3, 0.4) is 0 Å². The van der Waals surface area contributed by atoms with Gasteiger partial charge in [0, 0.05) is 52.0 Å². The summed E-state index contributed by atoms with van der Waals surface area (Å²) in [6, 6.07) is 6.12. The van der Waals surface area contributed by atoms with E-state index in [-0.39, 0.29) is 35.6 Å². The lowest BCUT2D eigenvalue weighted by molar-refractivity contribution is -0.130. The van der Waals surface area contributed by atoms with Crippen LogP contribution in [-0.2, 0) is 11.3 Å². The van der Waals surface area contributed by atoms with Gasteiger partial charge < -0.3 is 14.7 Å². The predicted octanol–water partition coefficient (Wildman–Crippen LogP) is 1.62. The summed E-state index contributed by atoms with van der Waals surface area (Å²) in [6.45, 7) is 2.24. The highest BCUT2D eigenvalue weighted by Gasteiger charge is 2.50. The number of amides is 3. The second-order valence-corrected chi connectivity index (χ2v) is 7.96. The van der Waals surface area contributed by atoms with E-state index in [9.17, 15) is 14.0 Å². The highest BCUT2D eigenvalue weighted by molar-refractivity contribution is 5.77. The molecule has 8 nitrogen and oxygen atoms in total. The van der Waals surface area contributed by atoms with Crippen LogP contribution in [0.5, 0.6) is 0 Å². The fraction of sp³-hybridized carbons (Fsp3) is 0.500. The van der Waals surface area contributed by atoms with Crippen molar-refractivity contribution in [1.29, 1.82) is 0 Å². The number of nitrogens with zero attached hydrogens (tertiary/aromatic N) is 6. The van der Waals surface area contributed by atoms with Gasteiger partial charge in [-0.25, -0.2) is 14.2 Å². The number of urea groups is 1. The molecule has 2 aliphatic heterocycles. The van der Waals surface area contributed by atoms with E-state index in [4.69, 9.17) is 0 Å². The number of rotatable bonds is 4. The lowest BCUT2D eigenvalue weighted by atomic mass is 9.89. The van der Waals surface area contributed by atoms with E-state index in [1.807, 2.05) is 15.9 Å². The molecule has 3 atom stereocenters. The minimum absolute atomic E-state index is 0.0679. The minimum Gasteiger partial charge on any atom is -0.342 e. The van der Waals surface area contributed by atoms with Crippen molar-refractivity contribution in [3.63, 3.8) is 0 Å². The molecule has 9 heteroatoms. The third-order valence-electron chi connectivity index (χ3n) is 5.86. The van der Waals surface area contributed by atoms with Crippen LogP contribution < -0.4 is 0 Å². The Bertz CT molecular complexity index is 887. The molecule has 2 saturated heterocycles. The number of fused-ring (bicyclic) bond motifs is 1. The standard InChI is InChI=1S/C20H25FN6O2/c1-24(2)20(29)27-10-15-9-25(18(28)6-7-26-13-22-12-23-26)11-17(15)19(27)14-4-3-5-16(21)8-14/h3-5,8,12-13,15,17,19H,6-7,9-11H2,1-2H3/t15-,17-,19+/m1/s1. The number of carbonyl (C=O) groups is 2. The smallest absolute Gasteiger partial charge is 0.320 e. The third kappa shape index (κ3) is 3.81. The first kappa shape index (κ1) is 19.4. The van der Waals surface area contributed by atoms with Crippen LogP contribution >= 0.6 is 0 Å². The number of benzene rings is 1. The summed E-state index contributed by atoms with van der Waals surface area (Å²) in [5.41, 5.74) is 0.782. The molecule has 29 heavy (non-hydrogen) atoms. The molecule has 0 N–H and O–H groups in total. The highest BCUT2D eigenvalue weighted by Crippen LogP contribution is 2.45. The van der Waals surface area contributed by atoms with Crippen molar-refractivity contribution in [3.05, 3.63) is 48.3 Å². The van der Waals surface area contributed by atoms with Crippen molar-refractivity contribution in [2.24, 2.45) is 11.8 Å². The highest BCUT2D eigenvalue weighted by atomic mass is 19.1. The second kappa shape index (κ2) is 7.81. The van der Waals surface area contributed by atoms with Crippen LogP contribution in [0, 0.1) is 17.7 Å². The van der Waals surface area contributed by atoms with Gasteiger partial charge in [-0.1, -0.05) is 12.1 Å². The van der Waals surface area contributed by atoms with Crippen molar-refractivity contribution in [2.75, 3.05) is 33.7 Å². The summed E-state index contributed by atoms with van der Waals surface area (Å²) >= 11 is 0. The average molecular weight is 400 g/mol. The largest absolute Gasteiger partial charge is 0.342 e. The number of hydrogen-bond acceptors (Lipinski definition) is 4. The number of aromatic nitrogens is 3. The summed E-state index contributed by atoms with van der Waals surface area (Å²) in [4.78, 5) is 34.6. The Kier molecular flexibility index (Phi) is 5.21. The van der Waals surface area contributed by atoms with Gasteiger partial charge in [0.1, 0.15) is 18.5 Å². The van der Waals surface area contributed by atoms with Crippen LogP contribution in [0.2, 0.25) is 0 Å². The molecule has 1 aromatic carbocycles. The third-order valence-corrected chi connectivity index (χ3v) is 5.86. The molecule has 0 spiro atoms. The zero-order valence-corrected chi connectivity index (χ0v) is 16.6. The van der Waals surface area contributed by atoms with E-state index in [0.29, 0.717) is 32.6 Å². The first-order chi connectivity index (χ1) is 13.9. The van der Waals surface area contributed by atoms with Gasteiger partial charge in [0.15, 0.2) is 0 Å². The lowest BCUT2D eigenvalue weighted by Crippen LogP contribution is -2.42. The average Bonchev–Trinajstić information content (AvgIpc) is 3.41. The van der Waals surface area contributed by atoms with Gasteiger partial charge in [0.25, 0.3) is 0 Å². The van der Waals surface area contributed by atoms with Crippen molar-refractivity contribution in [2.45, 2.75) is 19.0 Å². The maximum absolute atomic E-state index is 13.9. The van der Waals surface area contributed by atoms with Gasteiger partial charge in [-0.05, 0) is 17.7 Å². The molecule has 154 valence electrons. The molecule has 3 amide bonds. The van der Waals surface area contributed by atoms with Crippen LogP contribution in [0.15, 0.2) is 36.9 Å². The first-order valence-electron chi connectivity index (χ1n) is 9.77. The zero-order valence-electron chi connectivity index (χ0n) is 16.6. The number of likely N-dealkylation sites (tertiary alicyclic amines) is 2. The quantitative estimate of drug-likeness (QED) is 0.782. The molecule has 2 aromatic rings. The van der Waals surface area contributed by atoms with Gasteiger partial charge in [-0.15, -0.1) is 0 Å². The Morgan fingerprint density at radius 3 is 2.76 bits per heavy atom. The SMILES string of the molecule is CN(C)C(=O)N1C[C@H]2CN(C(=O)CCn3cncn3)C[C@H]2[C@@H]1c1cccc(F)c1. The molecule has 2 aliphatic rings. The summed E-state index contributed by atoms with van der Waals surface area (Å²) < 4.78 is 15.5. The molecule has 0 unspecified atom stereocenters. The van der Waals surface area contributed by atoms with Crippen molar-refractivity contribution in [3.8, 4) is 0 Å². The minimum atomic E-state index is -0.318. The molecule has 0 bridgehead atoms. The van der Waals surface area contributed by atoms with Gasteiger partial charge in [0.2, 0.25) is 5.91 Å². The van der Waals surface area contributed by atoms with Crippen molar-refractivity contribution >= 4 is 11.9 Å². The molecular formula is C20H25FN6O2. The van der Waals surface area contributed by atoms with Crippen LogP contribution in [-0.4, -0.2) is 75.1 Å². The predicted molar refractivity (Wildman–Crippen MR) is 103 cm³/mol. The van der Waals surface area contributed by atoms with E-state index in [1.165, 1.54) is 18.5 Å². The fourth-order valence-electron chi connectivity index (χ4n) is 4.54. The molecule has 0 radical (unpaired) electrons. The van der Waals surface area contributed by atoms with E-state index in [2.05, 4.69) is 10.1 Å². The monoisotopic (exact) mass is 400 g/mol. The summed E-state index contributed by atoms with van der Waals surface area (Å²) in [7, 11) is 3.44. The number of carbonyl (C=O) groups excluding carboxylic acids is 2. The number of aryl methyl sites for hydroxylation is 1. The maximum atomic E-state index is 13.9. The molecule has 4 rings (SSSR count). The molecule has 3 heterocycles. The fourth-order valence-corrected chi connectivity index (χ4v) is 4.54. The van der Waals surface area contributed by atoms with E-state index in [0.717, 1.165) is 5.56 Å². The van der Waals surface area contributed by atoms with Crippen LogP contribution in [0.4, 0.5) is 9.18 Å². The Morgan fingerprint density at radius 1 is 1.24 bits per heavy atom. The summed E-state index contributed by atoms with van der Waals surface area (Å²) in [6.07, 6.45) is 3.40. The van der Waals surface area contributed by atoms with Crippen LogP contribution in [0.25, 0.3) is 0 Å². The topological polar surface area (TPSA) is 74.6 Å². The first-order valence-corrected chi connectivity index (χ1v) is 9.77. The molecule has 0 aliphatic carbocycles. The molecular weight excluding hydrogens is 375 g/mol. The van der Waals surface area contributed by atoms with Gasteiger partial charge in [-0.3, -0.25) is 9.48 Å². The lowest BCUT2D eigenvalue weighted by Gasteiger charge is -2.32. The normalized spacial score (nSPS) is 23.3. The number of halogens is 1. The molecule has 1 aromatic heterocycles. The van der Waals surface area contributed by atoms with Crippen LogP contribution in [0.1, 0.15) is 18.0 Å². The van der Waals surface area contributed by atoms with Gasteiger partial charge in [-0.2, -0.15) is 5.10 Å². The number of hydrogen-bond donors (Lipinski definition) is 0. The van der Waals surface area contributed by atoms with E-state index in [1.54, 1.807) is 36.1 Å². The summed E-state index contributed by atoms with van der Waals surface area (Å²) in [5, 5.41) is 4.03. The summed E-state index contributed by atoms with van der Waals surface area (Å²) in [5.74, 6) is 0.0267. The van der Waals surface area contributed by atoms with Gasteiger partial charge >= 0.3 is 6.03 Å². The molecule has 2 fully saturated rings. The van der Waals surface area contributed by atoms with E-state index < -0.39 is 0 Å². The Hall–Kier alpha value is -2.97. The Morgan fingerprint density at radius 2 is 2.07 bits per heavy atom. The second-order valence-electron chi connectivity index (χ2n) is 7.96.